The molecule has 0 spiro atoms. The highest BCUT2D eigenvalue weighted by Gasteiger charge is 2.39. The van der Waals surface area contributed by atoms with Crippen molar-refractivity contribution in [2.75, 3.05) is 12.4 Å². The van der Waals surface area contributed by atoms with Gasteiger partial charge in [0.1, 0.15) is 5.75 Å². The van der Waals surface area contributed by atoms with Gasteiger partial charge in [-0.15, -0.1) is 0 Å². The minimum atomic E-state index is 0.544. The smallest absolute Gasteiger partial charge is 0.171 e. The van der Waals surface area contributed by atoms with Crippen molar-refractivity contribution in [3.63, 3.8) is 0 Å². The highest BCUT2D eigenvalue weighted by molar-refractivity contribution is 7.80. The molecule has 0 aliphatic heterocycles. The first-order valence-electron chi connectivity index (χ1n) is 7.07. The van der Waals surface area contributed by atoms with Crippen molar-refractivity contribution < 1.29 is 4.74 Å². The molecular formula is C15H19ClN2OS. The van der Waals surface area contributed by atoms with Crippen LogP contribution in [0.5, 0.6) is 5.75 Å². The summed E-state index contributed by atoms with van der Waals surface area (Å²) in [5.74, 6) is 2.39. The van der Waals surface area contributed by atoms with Gasteiger partial charge in [-0.3, -0.25) is 0 Å². The summed E-state index contributed by atoms with van der Waals surface area (Å²) in [7, 11) is 1.61. The Balaban J connectivity index is 1.57. The van der Waals surface area contributed by atoms with Gasteiger partial charge in [-0.1, -0.05) is 18.0 Å². The van der Waals surface area contributed by atoms with E-state index in [4.69, 9.17) is 28.6 Å². The molecule has 1 aromatic rings. The molecule has 0 heterocycles. The average molecular weight is 311 g/mol. The van der Waals surface area contributed by atoms with Gasteiger partial charge in [0.25, 0.3) is 0 Å². The summed E-state index contributed by atoms with van der Waals surface area (Å²) < 4.78 is 5.14. The van der Waals surface area contributed by atoms with Crippen molar-refractivity contribution in [3.8, 4) is 5.75 Å². The Labute approximate surface area is 130 Å². The summed E-state index contributed by atoms with van der Waals surface area (Å²) in [6.45, 7) is 0. The van der Waals surface area contributed by atoms with Gasteiger partial charge in [-0.05, 0) is 61.5 Å². The molecular weight excluding hydrogens is 292 g/mol. The Bertz CT molecular complexity index is 523. The van der Waals surface area contributed by atoms with Gasteiger partial charge in [0.2, 0.25) is 0 Å². The lowest BCUT2D eigenvalue weighted by Crippen LogP contribution is -2.40. The number of hydrogen-bond donors (Lipinski definition) is 2. The van der Waals surface area contributed by atoms with E-state index in [1.807, 2.05) is 18.2 Å². The number of benzene rings is 1. The van der Waals surface area contributed by atoms with Crippen LogP contribution < -0.4 is 15.4 Å². The minimum absolute atomic E-state index is 0.544. The summed E-state index contributed by atoms with van der Waals surface area (Å²) in [6, 6.07) is 6.13. The Kier molecular flexibility index (Phi) is 4.03. The maximum absolute atomic E-state index is 6.11. The minimum Gasteiger partial charge on any atom is -0.495 e. The van der Waals surface area contributed by atoms with Crippen LogP contribution >= 0.6 is 23.8 Å². The molecule has 2 N–H and O–H groups in total. The van der Waals surface area contributed by atoms with Crippen molar-refractivity contribution in [1.82, 2.24) is 5.32 Å². The van der Waals surface area contributed by atoms with Crippen LogP contribution in [0.15, 0.2) is 18.2 Å². The number of rotatable bonds is 3. The zero-order valence-electron chi connectivity index (χ0n) is 11.5. The van der Waals surface area contributed by atoms with Crippen LogP contribution in [0.1, 0.15) is 25.7 Å². The van der Waals surface area contributed by atoms with Gasteiger partial charge in [0.15, 0.2) is 5.11 Å². The molecule has 2 fully saturated rings. The summed E-state index contributed by atoms with van der Waals surface area (Å²) in [5, 5.41) is 7.92. The van der Waals surface area contributed by atoms with Gasteiger partial charge >= 0.3 is 0 Å². The Morgan fingerprint density at radius 1 is 1.35 bits per heavy atom. The summed E-state index contributed by atoms with van der Waals surface area (Å²) in [6.07, 6.45) is 5.38. The third-order valence-electron chi connectivity index (χ3n) is 4.46. The fourth-order valence-electron chi connectivity index (χ4n) is 3.50. The second-order valence-electron chi connectivity index (χ2n) is 5.73. The van der Waals surface area contributed by atoms with Crippen LogP contribution in [0.25, 0.3) is 0 Å². The number of hydrogen-bond acceptors (Lipinski definition) is 2. The molecule has 1 aromatic carbocycles. The van der Waals surface area contributed by atoms with Crippen molar-refractivity contribution in [1.29, 1.82) is 0 Å². The zero-order valence-corrected chi connectivity index (χ0v) is 13.1. The number of ether oxygens (including phenoxy) is 1. The molecule has 2 aliphatic carbocycles. The second-order valence-corrected chi connectivity index (χ2v) is 6.54. The first kappa shape index (κ1) is 14.0. The predicted octanol–water partition coefficient (Wildman–Crippen LogP) is 3.82. The summed E-state index contributed by atoms with van der Waals surface area (Å²) >= 11 is 11.5. The molecule has 3 atom stereocenters. The normalized spacial score (nSPS) is 27.4. The van der Waals surface area contributed by atoms with Crippen molar-refractivity contribution in [2.45, 2.75) is 31.7 Å². The third-order valence-corrected chi connectivity index (χ3v) is 4.98. The fraction of sp³-hybridized carbons (Fsp3) is 0.533. The standard InChI is InChI=1S/C15H19ClN2OS/c1-19-14-5-4-11(8-12(14)16)17-15(20)18-13-7-9-2-3-10(13)6-9/h4-5,8-10,13H,2-3,6-7H2,1H3,(H2,17,18,20)/t9-,10-,13+/m0/s1. The molecule has 108 valence electrons. The van der Waals surface area contributed by atoms with Gasteiger partial charge in [0.05, 0.1) is 12.1 Å². The predicted molar refractivity (Wildman–Crippen MR) is 86.6 cm³/mol. The van der Waals surface area contributed by atoms with E-state index >= 15 is 0 Å². The lowest BCUT2D eigenvalue weighted by molar-refractivity contribution is 0.392. The van der Waals surface area contributed by atoms with E-state index in [1.165, 1.54) is 25.7 Å². The Morgan fingerprint density at radius 3 is 2.80 bits per heavy atom. The van der Waals surface area contributed by atoms with E-state index in [0.29, 0.717) is 21.9 Å². The quantitative estimate of drug-likeness (QED) is 0.832. The van der Waals surface area contributed by atoms with E-state index in [0.717, 1.165) is 17.5 Å². The number of methoxy groups -OCH3 is 1. The maximum atomic E-state index is 6.11. The monoisotopic (exact) mass is 310 g/mol. The van der Waals surface area contributed by atoms with E-state index in [9.17, 15) is 0 Å². The highest BCUT2D eigenvalue weighted by atomic mass is 35.5. The molecule has 3 nitrogen and oxygen atoms in total. The second kappa shape index (κ2) is 5.78. The van der Waals surface area contributed by atoms with Crippen LogP contribution in [0.3, 0.4) is 0 Å². The lowest BCUT2D eigenvalue weighted by Gasteiger charge is -2.24. The van der Waals surface area contributed by atoms with Crippen LogP contribution in [-0.4, -0.2) is 18.3 Å². The summed E-state index contributed by atoms with van der Waals surface area (Å²) in [4.78, 5) is 0. The molecule has 0 aromatic heterocycles. The average Bonchev–Trinajstić information content (AvgIpc) is 3.01. The van der Waals surface area contributed by atoms with E-state index in [2.05, 4.69) is 10.6 Å². The number of anilines is 1. The zero-order chi connectivity index (χ0) is 14.1. The molecule has 20 heavy (non-hydrogen) atoms. The lowest BCUT2D eigenvalue weighted by atomic mass is 9.96. The Hall–Kier alpha value is -1.00. The van der Waals surface area contributed by atoms with Crippen molar-refractivity contribution in [2.24, 2.45) is 11.8 Å². The van der Waals surface area contributed by atoms with Gasteiger partial charge in [-0.25, -0.2) is 0 Å². The van der Waals surface area contributed by atoms with Crippen molar-refractivity contribution >= 4 is 34.6 Å². The van der Waals surface area contributed by atoms with Gasteiger partial charge < -0.3 is 15.4 Å². The van der Waals surface area contributed by atoms with Crippen LogP contribution in [0.2, 0.25) is 5.02 Å². The first-order valence-corrected chi connectivity index (χ1v) is 7.85. The topological polar surface area (TPSA) is 33.3 Å². The van der Waals surface area contributed by atoms with Crippen molar-refractivity contribution in [3.05, 3.63) is 23.2 Å². The van der Waals surface area contributed by atoms with Crippen LogP contribution in [-0.2, 0) is 0 Å². The molecule has 2 bridgehead atoms. The molecule has 5 heteroatoms. The molecule has 2 saturated carbocycles. The SMILES string of the molecule is COc1ccc(NC(=S)N[C@@H]2C[C@H]3CC[C@H]2C3)cc1Cl. The van der Waals surface area contributed by atoms with Gasteiger partial charge in [0, 0.05) is 11.7 Å². The molecule has 3 rings (SSSR count). The maximum Gasteiger partial charge on any atom is 0.171 e. The third kappa shape index (κ3) is 2.86. The van der Waals surface area contributed by atoms with E-state index in [1.54, 1.807) is 7.11 Å². The highest BCUT2D eigenvalue weighted by Crippen LogP contribution is 2.44. The van der Waals surface area contributed by atoms with E-state index < -0.39 is 0 Å². The van der Waals surface area contributed by atoms with E-state index in [-0.39, 0.29) is 0 Å². The molecule has 0 unspecified atom stereocenters. The van der Waals surface area contributed by atoms with Crippen LogP contribution in [0.4, 0.5) is 5.69 Å². The number of halogens is 1. The molecule has 2 aliphatic rings. The number of nitrogens with one attached hydrogen (secondary N) is 2. The van der Waals surface area contributed by atoms with Crippen LogP contribution in [0, 0.1) is 11.8 Å². The molecule has 0 saturated heterocycles. The molecule has 0 amide bonds. The summed E-state index contributed by atoms with van der Waals surface area (Å²) in [5.41, 5.74) is 0.886. The Morgan fingerprint density at radius 2 is 2.20 bits per heavy atom. The van der Waals surface area contributed by atoms with Gasteiger partial charge in [-0.2, -0.15) is 0 Å². The molecule has 0 radical (unpaired) electrons. The number of fused-ring (bicyclic) bond motifs is 2. The largest absolute Gasteiger partial charge is 0.495 e. The number of thiocarbonyl (C=S) groups is 1. The first-order chi connectivity index (χ1) is 9.65. The fourth-order valence-corrected chi connectivity index (χ4v) is 4.03.